The SMILES string of the molecule is CC(=O)N1CCC([C@H]2c3ncc(Br)cc3CCc3cc(Cl)cc(Br)c32)CC1C(=O)NCCCn1ccnc1. The van der Waals surface area contributed by atoms with Gasteiger partial charge >= 0.3 is 0 Å². The fourth-order valence-corrected chi connectivity index (χ4v) is 7.46. The van der Waals surface area contributed by atoms with Crippen molar-refractivity contribution in [3.63, 3.8) is 0 Å². The molecule has 2 aliphatic rings. The van der Waals surface area contributed by atoms with Crippen LogP contribution in [0.5, 0.6) is 0 Å². The van der Waals surface area contributed by atoms with E-state index in [9.17, 15) is 9.59 Å². The van der Waals surface area contributed by atoms with Gasteiger partial charge in [0, 0.05) is 65.0 Å². The number of piperidine rings is 1. The smallest absolute Gasteiger partial charge is 0.242 e. The van der Waals surface area contributed by atoms with Gasteiger partial charge < -0.3 is 14.8 Å². The first-order valence-electron chi connectivity index (χ1n) is 12.9. The normalized spacial score (nSPS) is 20.8. The van der Waals surface area contributed by atoms with Crippen molar-refractivity contribution in [3.8, 4) is 0 Å². The molecule has 0 radical (unpaired) electrons. The van der Waals surface area contributed by atoms with Crippen LogP contribution in [-0.4, -0.2) is 50.4 Å². The van der Waals surface area contributed by atoms with E-state index >= 15 is 0 Å². The highest BCUT2D eigenvalue weighted by Gasteiger charge is 2.41. The molecular weight excluding hydrogens is 634 g/mol. The second kappa shape index (κ2) is 11.9. The topological polar surface area (TPSA) is 80.1 Å². The van der Waals surface area contributed by atoms with Crippen LogP contribution in [0.3, 0.4) is 0 Å². The summed E-state index contributed by atoms with van der Waals surface area (Å²) >= 11 is 13.9. The van der Waals surface area contributed by atoms with E-state index in [4.69, 9.17) is 16.6 Å². The number of nitrogens with one attached hydrogen (secondary N) is 1. The highest BCUT2D eigenvalue weighted by Crippen LogP contribution is 2.47. The molecule has 7 nitrogen and oxygen atoms in total. The molecule has 1 fully saturated rings. The maximum atomic E-state index is 13.4. The van der Waals surface area contributed by atoms with Crippen molar-refractivity contribution in [2.75, 3.05) is 13.1 Å². The molecule has 0 saturated carbocycles. The summed E-state index contributed by atoms with van der Waals surface area (Å²) in [5, 5.41) is 3.79. The minimum Gasteiger partial charge on any atom is -0.354 e. The number of fused-ring (bicyclic) bond motifs is 2. The lowest BCUT2D eigenvalue weighted by Crippen LogP contribution is -2.54. The number of aryl methyl sites for hydroxylation is 3. The van der Waals surface area contributed by atoms with Gasteiger partial charge in [-0.15, -0.1) is 0 Å². The lowest BCUT2D eigenvalue weighted by atomic mass is 9.74. The Morgan fingerprint density at radius 2 is 2.00 bits per heavy atom. The van der Waals surface area contributed by atoms with Crippen LogP contribution in [0, 0.1) is 5.92 Å². The first-order valence-corrected chi connectivity index (χ1v) is 14.9. The highest BCUT2D eigenvalue weighted by atomic mass is 79.9. The number of benzene rings is 1. The summed E-state index contributed by atoms with van der Waals surface area (Å²) in [4.78, 5) is 36.7. The van der Waals surface area contributed by atoms with Gasteiger partial charge in [0.05, 0.1) is 12.0 Å². The number of rotatable bonds is 6. The van der Waals surface area contributed by atoms with Crippen molar-refractivity contribution in [1.82, 2.24) is 24.8 Å². The summed E-state index contributed by atoms with van der Waals surface area (Å²) in [6.07, 6.45) is 11.2. The van der Waals surface area contributed by atoms with E-state index in [1.165, 1.54) is 16.7 Å². The van der Waals surface area contributed by atoms with Gasteiger partial charge in [-0.1, -0.05) is 27.5 Å². The molecule has 2 unspecified atom stereocenters. The zero-order valence-corrected chi connectivity index (χ0v) is 25.1. The Morgan fingerprint density at radius 3 is 2.76 bits per heavy atom. The average molecular weight is 664 g/mol. The zero-order chi connectivity index (χ0) is 26.8. The van der Waals surface area contributed by atoms with Crippen LogP contribution in [-0.2, 0) is 29.0 Å². The fourth-order valence-electron chi connectivity index (χ4n) is 5.96. The molecule has 1 saturated heterocycles. The molecule has 3 atom stereocenters. The Morgan fingerprint density at radius 1 is 1.18 bits per heavy atom. The van der Waals surface area contributed by atoms with Crippen LogP contribution in [0.25, 0.3) is 0 Å². The van der Waals surface area contributed by atoms with Crippen molar-refractivity contribution < 1.29 is 9.59 Å². The number of halogens is 3. The number of pyridine rings is 1. The monoisotopic (exact) mass is 661 g/mol. The van der Waals surface area contributed by atoms with E-state index in [0.717, 1.165) is 46.9 Å². The summed E-state index contributed by atoms with van der Waals surface area (Å²) in [7, 11) is 0. The Kier molecular flexibility index (Phi) is 8.55. The molecule has 38 heavy (non-hydrogen) atoms. The van der Waals surface area contributed by atoms with Crippen molar-refractivity contribution in [2.45, 2.75) is 57.5 Å². The molecular formula is C28H30Br2ClN5O2. The molecule has 5 rings (SSSR count). The minimum atomic E-state index is -0.517. The van der Waals surface area contributed by atoms with Gasteiger partial charge in [-0.25, -0.2) is 4.98 Å². The van der Waals surface area contributed by atoms with E-state index in [-0.39, 0.29) is 23.7 Å². The number of carbonyl (C=O) groups is 2. The van der Waals surface area contributed by atoms with Crippen LogP contribution in [0.15, 0.2) is 52.1 Å². The first kappa shape index (κ1) is 27.3. The number of carbonyl (C=O) groups excluding carboxylic acids is 2. The van der Waals surface area contributed by atoms with E-state index in [1.807, 2.05) is 23.0 Å². The van der Waals surface area contributed by atoms with Crippen LogP contribution in [0.1, 0.15) is 54.5 Å². The van der Waals surface area contributed by atoms with E-state index in [2.05, 4.69) is 54.3 Å². The Labute approximate surface area is 244 Å². The van der Waals surface area contributed by atoms with E-state index < -0.39 is 6.04 Å². The van der Waals surface area contributed by atoms with Gasteiger partial charge in [0.25, 0.3) is 0 Å². The maximum absolute atomic E-state index is 13.4. The van der Waals surface area contributed by atoms with Crippen LogP contribution in [0.4, 0.5) is 0 Å². The fraction of sp³-hybridized carbons (Fsp3) is 0.429. The molecule has 1 aliphatic heterocycles. The molecule has 3 heterocycles. The standard InChI is InChI=1S/C28H30Br2ClN5O2/c1-17(37)36-9-5-19(13-24(36)28(38)33-6-2-8-35-10-7-32-16-35)26-25-18(12-22(31)14-23(25)30)3-4-20-11-21(29)15-34-27(20)26/h7,10-12,14-16,19,24,26H,2-6,8-9,13H2,1H3,(H,33,38)/t19?,24?,26-/m1/s1. The molecule has 0 bridgehead atoms. The molecule has 2 aromatic heterocycles. The third-order valence-electron chi connectivity index (χ3n) is 7.69. The number of imidazole rings is 1. The molecule has 1 N–H and O–H groups in total. The second-order valence-corrected chi connectivity index (χ2v) is 12.3. The van der Waals surface area contributed by atoms with Crippen LogP contribution >= 0.6 is 43.5 Å². The third-order valence-corrected chi connectivity index (χ3v) is 9.00. The molecule has 1 aliphatic carbocycles. The van der Waals surface area contributed by atoms with Crippen molar-refractivity contribution >= 4 is 55.3 Å². The van der Waals surface area contributed by atoms with Gasteiger partial charge in [-0.05, 0) is 88.8 Å². The quantitative estimate of drug-likeness (QED) is 0.353. The predicted molar refractivity (Wildman–Crippen MR) is 154 cm³/mol. The lowest BCUT2D eigenvalue weighted by Gasteiger charge is -2.41. The van der Waals surface area contributed by atoms with E-state index in [1.54, 1.807) is 24.3 Å². The Hall–Kier alpha value is -2.23. The lowest BCUT2D eigenvalue weighted by molar-refractivity contribution is -0.141. The summed E-state index contributed by atoms with van der Waals surface area (Å²) in [6.45, 7) is 3.40. The Balaban J connectivity index is 1.42. The molecule has 2 amide bonds. The summed E-state index contributed by atoms with van der Waals surface area (Å²) < 4.78 is 3.91. The largest absolute Gasteiger partial charge is 0.354 e. The van der Waals surface area contributed by atoms with Crippen LogP contribution in [0.2, 0.25) is 5.02 Å². The highest BCUT2D eigenvalue weighted by molar-refractivity contribution is 9.10. The number of likely N-dealkylation sites (tertiary alicyclic amines) is 1. The average Bonchev–Trinajstić information content (AvgIpc) is 3.35. The number of aromatic nitrogens is 3. The van der Waals surface area contributed by atoms with Crippen molar-refractivity contribution in [3.05, 3.63) is 79.5 Å². The van der Waals surface area contributed by atoms with Gasteiger partial charge in [0.1, 0.15) is 6.04 Å². The van der Waals surface area contributed by atoms with Gasteiger partial charge in [-0.2, -0.15) is 0 Å². The first-order chi connectivity index (χ1) is 18.3. The second-order valence-electron chi connectivity index (χ2n) is 10.1. The Bertz CT molecular complexity index is 1330. The molecule has 200 valence electrons. The number of nitrogens with zero attached hydrogens (tertiary/aromatic N) is 4. The maximum Gasteiger partial charge on any atom is 0.242 e. The number of amides is 2. The number of hydrogen-bond donors (Lipinski definition) is 1. The zero-order valence-electron chi connectivity index (χ0n) is 21.2. The van der Waals surface area contributed by atoms with Gasteiger partial charge in [0.15, 0.2) is 0 Å². The predicted octanol–water partition coefficient (Wildman–Crippen LogP) is 5.52. The van der Waals surface area contributed by atoms with Crippen molar-refractivity contribution in [1.29, 1.82) is 0 Å². The summed E-state index contributed by atoms with van der Waals surface area (Å²) in [6, 6.07) is 5.65. The molecule has 1 aromatic carbocycles. The minimum absolute atomic E-state index is 0.00658. The van der Waals surface area contributed by atoms with Crippen LogP contribution < -0.4 is 5.32 Å². The summed E-state index contributed by atoms with van der Waals surface area (Å²) in [5.41, 5.74) is 4.66. The summed E-state index contributed by atoms with van der Waals surface area (Å²) in [5.74, 6) is -0.0378. The molecule has 10 heteroatoms. The molecule has 3 aromatic rings. The van der Waals surface area contributed by atoms with E-state index in [0.29, 0.717) is 24.5 Å². The van der Waals surface area contributed by atoms with Gasteiger partial charge in [-0.3, -0.25) is 14.6 Å². The third kappa shape index (κ3) is 5.84. The van der Waals surface area contributed by atoms with Gasteiger partial charge in [0.2, 0.25) is 11.8 Å². The van der Waals surface area contributed by atoms with Crippen molar-refractivity contribution in [2.24, 2.45) is 5.92 Å². The molecule has 0 spiro atoms. The number of hydrogen-bond acceptors (Lipinski definition) is 4.